The van der Waals surface area contributed by atoms with E-state index >= 15 is 0 Å². The predicted octanol–water partition coefficient (Wildman–Crippen LogP) is 2.17. The molecule has 1 aromatic carbocycles. The van der Waals surface area contributed by atoms with E-state index < -0.39 is 24.3 Å². The Hall–Kier alpha value is -1.60. The number of rotatable bonds is 6. The van der Waals surface area contributed by atoms with Crippen LogP contribution in [0.5, 0.6) is 0 Å². The van der Waals surface area contributed by atoms with Crippen molar-refractivity contribution in [2.24, 2.45) is 5.73 Å². The van der Waals surface area contributed by atoms with Crippen LogP contribution in [-0.4, -0.2) is 30.4 Å². The first-order valence-corrected chi connectivity index (χ1v) is 6.56. The van der Waals surface area contributed by atoms with Crippen LogP contribution in [0.25, 0.3) is 0 Å². The first kappa shape index (κ1) is 15.8. The van der Waals surface area contributed by atoms with Gasteiger partial charge in [-0.2, -0.15) is 13.2 Å². The maximum absolute atomic E-state index is 12.7. The highest BCUT2D eigenvalue weighted by molar-refractivity contribution is 5.76. The van der Waals surface area contributed by atoms with Crippen LogP contribution in [0.1, 0.15) is 18.4 Å². The molecule has 1 aliphatic carbocycles. The van der Waals surface area contributed by atoms with E-state index in [0.29, 0.717) is 18.4 Å². The van der Waals surface area contributed by atoms with Gasteiger partial charge >= 0.3 is 12.1 Å². The van der Waals surface area contributed by atoms with Crippen molar-refractivity contribution in [3.05, 3.63) is 35.9 Å². The van der Waals surface area contributed by atoms with E-state index in [1.807, 2.05) is 0 Å². The van der Waals surface area contributed by atoms with E-state index in [2.05, 4.69) is 0 Å². The zero-order valence-electron chi connectivity index (χ0n) is 11.2. The molecule has 0 unspecified atom stereocenters. The molecular formula is C14H16F3NO3. The Morgan fingerprint density at radius 2 is 1.90 bits per heavy atom. The summed E-state index contributed by atoms with van der Waals surface area (Å²) in [4.78, 5) is 11.8. The maximum atomic E-state index is 12.7. The van der Waals surface area contributed by atoms with Gasteiger partial charge in [0.2, 0.25) is 0 Å². The van der Waals surface area contributed by atoms with E-state index in [0.717, 1.165) is 0 Å². The van der Waals surface area contributed by atoms with Gasteiger partial charge < -0.3 is 15.2 Å². The van der Waals surface area contributed by atoms with Gasteiger partial charge in [0.15, 0.2) is 6.10 Å². The fraction of sp³-hybridized carbons (Fsp3) is 0.500. The molecule has 0 aromatic heterocycles. The average molecular weight is 303 g/mol. The fourth-order valence-corrected chi connectivity index (χ4v) is 1.67. The Kier molecular flexibility index (Phi) is 4.84. The van der Waals surface area contributed by atoms with Gasteiger partial charge in [0.05, 0.1) is 6.61 Å². The molecule has 1 aliphatic rings. The van der Waals surface area contributed by atoms with Crippen molar-refractivity contribution < 1.29 is 27.4 Å². The van der Waals surface area contributed by atoms with E-state index in [1.165, 1.54) is 0 Å². The highest BCUT2D eigenvalue weighted by atomic mass is 19.4. The Morgan fingerprint density at radius 3 is 2.43 bits per heavy atom. The van der Waals surface area contributed by atoms with Gasteiger partial charge in [-0.1, -0.05) is 30.3 Å². The number of halogens is 3. The van der Waals surface area contributed by atoms with Gasteiger partial charge in [0, 0.05) is 0 Å². The number of carbonyl (C=O) groups is 1. The smallest absolute Gasteiger partial charge is 0.406 e. The zero-order valence-corrected chi connectivity index (χ0v) is 11.2. The normalized spacial score (nSPS) is 18.1. The van der Waals surface area contributed by atoms with Gasteiger partial charge in [-0.15, -0.1) is 0 Å². The van der Waals surface area contributed by atoms with Crippen molar-refractivity contribution in [2.75, 3.05) is 0 Å². The molecule has 0 radical (unpaired) electrons. The minimum atomic E-state index is -4.73. The maximum Gasteiger partial charge on any atom is 0.406 e. The lowest BCUT2D eigenvalue weighted by Gasteiger charge is -2.24. The zero-order chi connectivity index (χ0) is 15.5. The lowest BCUT2D eigenvalue weighted by molar-refractivity contribution is -0.195. The summed E-state index contributed by atoms with van der Waals surface area (Å²) in [6.45, 7) is -0.144. The molecule has 0 spiro atoms. The van der Waals surface area contributed by atoms with Gasteiger partial charge in [0.1, 0.15) is 12.1 Å². The lowest BCUT2D eigenvalue weighted by Crippen LogP contribution is -2.52. The summed E-state index contributed by atoms with van der Waals surface area (Å²) in [5.74, 6) is -1.06. The van der Waals surface area contributed by atoms with Crippen molar-refractivity contribution >= 4 is 5.97 Å². The molecule has 1 fully saturated rings. The number of nitrogens with two attached hydrogens (primary N) is 1. The summed E-state index contributed by atoms with van der Waals surface area (Å²) >= 11 is 0. The molecule has 0 amide bonds. The van der Waals surface area contributed by atoms with Crippen LogP contribution in [-0.2, 0) is 20.9 Å². The number of benzene rings is 1. The van der Waals surface area contributed by atoms with Gasteiger partial charge in [0.25, 0.3) is 0 Å². The third-order valence-corrected chi connectivity index (χ3v) is 3.02. The third-order valence-electron chi connectivity index (χ3n) is 3.02. The van der Waals surface area contributed by atoms with Crippen molar-refractivity contribution in [3.8, 4) is 0 Å². The summed E-state index contributed by atoms with van der Waals surface area (Å²) in [6.07, 6.45) is -5.56. The predicted molar refractivity (Wildman–Crippen MR) is 68.2 cm³/mol. The standard InChI is InChI=1S/C14H16F3NO3/c15-14(16,17)12(18)11(13(19)21-10-6-7-10)20-8-9-4-2-1-3-5-9/h1-5,10-12H,6-8,18H2/t11-,12-/m0/s1. The van der Waals surface area contributed by atoms with E-state index in [1.54, 1.807) is 30.3 Å². The second-order valence-corrected chi connectivity index (χ2v) is 4.92. The topological polar surface area (TPSA) is 61.5 Å². The fourth-order valence-electron chi connectivity index (χ4n) is 1.67. The molecule has 7 heteroatoms. The van der Waals surface area contributed by atoms with E-state index in [-0.39, 0.29) is 12.7 Å². The highest BCUT2D eigenvalue weighted by Gasteiger charge is 2.47. The molecule has 21 heavy (non-hydrogen) atoms. The van der Waals surface area contributed by atoms with Gasteiger partial charge in [-0.05, 0) is 18.4 Å². The first-order valence-electron chi connectivity index (χ1n) is 6.56. The number of hydrogen-bond donors (Lipinski definition) is 1. The Morgan fingerprint density at radius 1 is 1.29 bits per heavy atom. The van der Waals surface area contributed by atoms with Crippen molar-refractivity contribution in [3.63, 3.8) is 0 Å². The van der Waals surface area contributed by atoms with Crippen molar-refractivity contribution in [1.82, 2.24) is 0 Å². The summed E-state index contributed by atoms with van der Waals surface area (Å²) in [6, 6.07) is 6.17. The number of hydrogen-bond acceptors (Lipinski definition) is 4. The molecule has 0 heterocycles. The van der Waals surface area contributed by atoms with Crippen LogP contribution in [0.2, 0.25) is 0 Å². The monoisotopic (exact) mass is 303 g/mol. The largest absolute Gasteiger partial charge is 0.460 e. The average Bonchev–Trinajstić information content (AvgIpc) is 3.23. The molecule has 2 rings (SSSR count). The number of alkyl halides is 3. The molecular weight excluding hydrogens is 287 g/mol. The van der Waals surface area contributed by atoms with Crippen LogP contribution in [0.4, 0.5) is 13.2 Å². The SMILES string of the molecule is N[C@@H]([C@H](OCc1ccccc1)C(=O)OC1CC1)C(F)(F)F. The molecule has 0 saturated heterocycles. The number of esters is 1. The summed E-state index contributed by atoms with van der Waals surface area (Å²) in [7, 11) is 0. The van der Waals surface area contributed by atoms with Crippen LogP contribution >= 0.6 is 0 Å². The Labute approximate surface area is 120 Å². The summed E-state index contributed by atoms with van der Waals surface area (Å²) in [5, 5.41) is 0. The second-order valence-electron chi connectivity index (χ2n) is 4.92. The molecule has 2 atom stereocenters. The van der Waals surface area contributed by atoms with Crippen LogP contribution in [0.15, 0.2) is 30.3 Å². The summed E-state index contributed by atoms with van der Waals surface area (Å²) < 4.78 is 48.1. The minimum absolute atomic E-state index is 0.144. The van der Waals surface area contributed by atoms with E-state index in [4.69, 9.17) is 15.2 Å². The lowest BCUT2D eigenvalue weighted by atomic mass is 10.1. The van der Waals surface area contributed by atoms with E-state index in [9.17, 15) is 18.0 Å². The van der Waals surface area contributed by atoms with Crippen LogP contribution in [0, 0.1) is 0 Å². The molecule has 1 aromatic rings. The molecule has 0 bridgehead atoms. The molecule has 116 valence electrons. The minimum Gasteiger partial charge on any atom is -0.460 e. The van der Waals surface area contributed by atoms with Crippen molar-refractivity contribution in [1.29, 1.82) is 0 Å². The Bertz CT molecular complexity index is 474. The summed E-state index contributed by atoms with van der Waals surface area (Å²) in [5.41, 5.74) is 5.75. The molecule has 4 nitrogen and oxygen atoms in total. The molecule has 1 saturated carbocycles. The second kappa shape index (κ2) is 6.44. The van der Waals surface area contributed by atoms with Crippen molar-refractivity contribution in [2.45, 2.75) is 43.9 Å². The highest BCUT2D eigenvalue weighted by Crippen LogP contribution is 2.27. The third kappa shape index (κ3) is 4.71. The Balaban J connectivity index is 2.01. The molecule has 0 aliphatic heterocycles. The number of ether oxygens (including phenoxy) is 2. The van der Waals surface area contributed by atoms with Gasteiger partial charge in [-0.3, -0.25) is 0 Å². The number of carbonyl (C=O) groups excluding carboxylic acids is 1. The quantitative estimate of drug-likeness (QED) is 0.818. The first-order chi connectivity index (χ1) is 9.88. The molecule has 2 N–H and O–H groups in total. The van der Waals surface area contributed by atoms with Gasteiger partial charge in [-0.25, -0.2) is 4.79 Å². The van der Waals surface area contributed by atoms with Crippen LogP contribution < -0.4 is 5.73 Å². The van der Waals surface area contributed by atoms with Crippen LogP contribution in [0.3, 0.4) is 0 Å².